The lowest BCUT2D eigenvalue weighted by atomic mass is 9.96. The summed E-state index contributed by atoms with van der Waals surface area (Å²) in [7, 11) is 0. The molecule has 11 rings (SSSR count). The van der Waals surface area contributed by atoms with Crippen LogP contribution in [0, 0.1) is 0 Å². The van der Waals surface area contributed by atoms with Crippen molar-refractivity contribution < 1.29 is 8.83 Å². The predicted octanol–water partition coefficient (Wildman–Crippen LogP) is 11.4. The maximum Gasteiger partial charge on any atom is 0.227 e. The highest BCUT2D eigenvalue weighted by atomic mass is 16.4. The fourth-order valence-corrected chi connectivity index (χ4v) is 7.46. The second-order valence-corrected chi connectivity index (χ2v) is 12.8. The molecule has 0 saturated heterocycles. The third-order valence-electron chi connectivity index (χ3n) is 9.81. The molecule has 0 bridgehead atoms. The number of oxazole rings is 2. The first kappa shape index (κ1) is 28.6. The Bertz CT molecular complexity index is 3010. The van der Waals surface area contributed by atoms with Gasteiger partial charge < -0.3 is 8.83 Å². The molecule has 52 heavy (non-hydrogen) atoms. The first-order valence-corrected chi connectivity index (χ1v) is 17.2. The molecule has 0 amide bonds. The van der Waals surface area contributed by atoms with Gasteiger partial charge in [0.25, 0.3) is 0 Å². The van der Waals surface area contributed by atoms with Gasteiger partial charge in [-0.15, -0.1) is 0 Å². The molecule has 0 aliphatic carbocycles. The molecule has 7 aromatic carbocycles. The van der Waals surface area contributed by atoms with Crippen LogP contribution >= 0.6 is 0 Å². The van der Waals surface area contributed by atoms with Crippen LogP contribution in [-0.4, -0.2) is 23.9 Å². The van der Waals surface area contributed by atoms with E-state index < -0.39 is 0 Å². The van der Waals surface area contributed by atoms with E-state index in [1.54, 1.807) is 0 Å². The maximum atomic E-state index is 6.77. The Morgan fingerprint density at radius 3 is 1.42 bits per heavy atom. The summed E-state index contributed by atoms with van der Waals surface area (Å²) in [6, 6.07) is 55.4. The number of imidazole rings is 2. The highest BCUT2D eigenvalue weighted by Crippen LogP contribution is 2.46. The summed E-state index contributed by atoms with van der Waals surface area (Å²) < 4.78 is 17.9. The monoisotopic (exact) mass is 669 g/mol. The van der Waals surface area contributed by atoms with Crippen molar-refractivity contribution in [1.29, 1.82) is 0 Å². The van der Waals surface area contributed by atoms with Gasteiger partial charge in [-0.3, -0.25) is 8.97 Å². The van der Waals surface area contributed by atoms with Crippen molar-refractivity contribution in [3.05, 3.63) is 164 Å². The predicted molar refractivity (Wildman–Crippen MR) is 206 cm³/mol. The Labute approximate surface area is 296 Å². The largest absolute Gasteiger partial charge is 0.435 e. The first-order chi connectivity index (χ1) is 25.8. The highest BCUT2D eigenvalue weighted by molar-refractivity contribution is 6.16. The minimum Gasteiger partial charge on any atom is -0.435 e. The van der Waals surface area contributed by atoms with Crippen LogP contribution in [0.3, 0.4) is 0 Å². The minimum atomic E-state index is 0.536. The molecule has 0 N–H and O–H groups in total. The fourth-order valence-electron chi connectivity index (χ4n) is 7.46. The minimum absolute atomic E-state index is 0.536. The second kappa shape index (κ2) is 11.1. The first-order valence-electron chi connectivity index (χ1n) is 17.2. The van der Waals surface area contributed by atoms with Gasteiger partial charge in [-0.1, -0.05) is 103 Å². The summed E-state index contributed by atoms with van der Waals surface area (Å²) in [4.78, 5) is 15.4. The second-order valence-electron chi connectivity index (χ2n) is 12.8. The van der Waals surface area contributed by atoms with Crippen molar-refractivity contribution in [2.24, 2.45) is 0 Å². The molecule has 4 aromatic heterocycles. The lowest BCUT2D eigenvalue weighted by Gasteiger charge is -2.10. The van der Waals surface area contributed by atoms with Gasteiger partial charge in [0.15, 0.2) is 11.2 Å². The van der Waals surface area contributed by atoms with Crippen LogP contribution in [0.1, 0.15) is 0 Å². The van der Waals surface area contributed by atoms with Gasteiger partial charge in [0.1, 0.15) is 11.0 Å². The van der Waals surface area contributed by atoms with E-state index in [1.807, 2.05) is 84.9 Å². The van der Waals surface area contributed by atoms with Gasteiger partial charge in [-0.25, -0.2) is 15.0 Å². The molecular formula is C45H27N5O2. The Hall–Kier alpha value is -7.25. The molecule has 7 heteroatoms. The Morgan fingerprint density at radius 2 is 0.846 bits per heavy atom. The summed E-state index contributed by atoms with van der Waals surface area (Å²) in [5.74, 6) is 1.93. The molecule has 0 aliphatic heterocycles. The van der Waals surface area contributed by atoms with Crippen LogP contribution in [0.2, 0.25) is 0 Å². The third kappa shape index (κ3) is 4.23. The van der Waals surface area contributed by atoms with Crippen molar-refractivity contribution in [1.82, 2.24) is 23.9 Å². The summed E-state index contributed by atoms with van der Waals surface area (Å²) in [5.41, 5.74) is 13.3. The van der Waals surface area contributed by atoms with Crippen molar-refractivity contribution >= 4 is 50.0 Å². The van der Waals surface area contributed by atoms with Crippen molar-refractivity contribution in [3.63, 3.8) is 0 Å². The Morgan fingerprint density at radius 1 is 0.385 bits per heavy atom. The summed E-state index contributed by atoms with van der Waals surface area (Å²) >= 11 is 0. The number of aromatic nitrogens is 5. The van der Waals surface area contributed by atoms with E-state index >= 15 is 0 Å². The average molecular weight is 670 g/mol. The van der Waals surface area contributed by atoms with Crippen LogP contribution in [0.4, 0.5) is 0 Å². The normalized spacial score (nSPS) is 11.8. The van der Waals surface area contributed by atoms with Crippen LogP contribution in [0.5, 0.6) is 0 Å². The molecule has 7 nitrogen and oxygen atoms in total. The van der Waals surface area contributed by atoms with E-state index in [9.17, 15) is 0 Å². The Balaban J connectivity index is 1.18. The van der Waals surface area contributed by atoms with Gasteiger partial charge in [0.2, 0.25) is 17.6 Å². The molecule has 244 valence electrons. The van der Waals surface area contributed by atoms with Crippen LogP contribution in [-0.2, 0) is 0 Å². The van der Waals surface area contributed by atoms with Gasteiger partial charge in [0.05, 0.1) is 33.2 Å². The zero-order valence-electron chi connectivity index (χ0n) is 27.6. The molecule has 0 atom stereocenters. The van der Waals surface area contributed by atoms with E-state index in [0.717, 1.165) is 72.4 Å². The maximum absolute atomic E-state index is 6.77. The van der Waals surface area contributed by atoms with Crippen molar-refractivity contribution in [2.45, 2.75) is 0 Å². The van der Waals surface area contributed by atoms with Gasteiger partial charge in [-0.2, -0.15) is 0 Å². The number of nitrogens with zero attached hydrogens (tertiary/aromatic N) is 5. The summed E-state index contributed by atoms with van der Waals surface area (Å²) in [5, 5.41) is 0. The summed E-state index contributed by atoms with van der Waals surface area (Å²) in [6.07, 6.45) is 0. The highest BCUT2D eigenvalue weighted by Gasteiger charge is 2.27. The molecule has 0 aliphatic rings. The summed E-state index contributed by atoms with van der Waals surface area (Å²) in [6.45, 7) is 0. The molecule has 0 spiro atoms. The van der Waals surface area contributed by atoms with E-state index in [4.69, 9.17) is 23.8 Å². The lowest BCUT2D eigenvalue weighted by Crippen LogP contribution is -1.95. The molecule has 4 heterocycles. The van der Waals surface area contributed by atoms with Crippen molar-refractivity contribution in [2.75, 3.05) is 0 Å². The standard InChI is InChI=1S/C45H27N5O2/c1-4-14-28(15-5-1)37-39-42(52-43(47-39)30-16-6-2-7-17-30)38(40-41(37)51-44(48-40)31-18-8-3-9-19-31)29-24-26-32(27-25-29)49-35-22-12-13-23-36(35)50-34-21-11-10-20-33(34)46-45(49)50/h1-27H. The van der Waals surface area contributed by atoms with Crippen LogP contribution in [0.15, 0.2) is 173 Å². The number of hydrogen-bond acceptors (Lipinski definition) is 5. The molecule has 0 radical (unpaired) electrons. The number of fused-ring (bicyclic) bond motifs is 7. The number of rotatable bonds is 5. The number of hydrogen-bond donors (Lipinski definition) is 0. The van der Waals surface area contributed by atoms with E-state index in [2.05, 4.69) is 87.8 Å². The van der Waals surface area contributed by atoms with E-state index in [-0.39, 0.29) is 0 Å². The van der Waals surface area contributed by atoms with Crippen molar-refractivity contribution in [3.8, 4) is 50.8 Å². The van der Waals surface area contributed by atoms with E-state index in [0.29, 0.717) is 28.5 Å². The van der Waals surface area contributed by atoms with Gasteiger partial charge >= 0.3 is 0 Å². The zero-order valence-corrected chi connectivity index (χ0v) is 27.6. The van der Waals surface area contributed by atoms with Crippen LogP contribution in [0.25, 0.3) is 101 Å². The quantitative estimate of drug-likeness (QED) is 0.182. The van der Waals surface area contributed by atoms with E-state index in [1.165, 1.54) is 0 Å². The molecule has 11 aromatic rings. The topological polar surface area (TPSA) is 74.3 Å². The van der Waals surface area contributed by atoms with Gasteiger partial charge in [-0.05, 0) is 71.8 Å². The number of para-hydroxylation sites is 4. The zero-order chi connectivity index (χ0) is 34.2. The Kier molecular flexibility index (Phi) is 6.12. The third-order valence-corrected chi connectivity index (χ3v) is 9.81. The fraction of sp³-hybridized carbons (Fsp3) is 0. The van der Waals surface area contributed by atoms with Gasteiger partial charge in [0, 0.05) is 16.8 Å². The smallest absolute Gasteiger partial charge is 0.227 e. The SMILES string of the molecule is c1ccc(-c2nc3c(-c4ccc(-n5c6ccccc6n6c7ccccc7nc56)cc4)c4oc(-c5ccccc5)nc4c(-c4ccccc4)c3o2)cc1. The molecule has 0 saturated carbocycles. The molecule has 0 fully saturated rings. The molecular weight excluding hydrogens is 643 g/mol. The average Bonchev–Trinajstić information content (AvgIpc) is 4.00. The van der Waals surface area contributed by atoms with Crippen LogP contribution < -0.4 is 0 Å². The molecule has 0 unspecified atom stereocenters. The lowest BCUT2D eigenvalue weighted by molar-refractivity contribution is 0.619. The number of benzene rings is 7.